The number of benzene rings is 1. The number of piperazine rings is 1. The van der Waals surface area contributed by atoms with E-state index in [4.69, 9.17) is 9.47 Å². The first kappa shape index (κ1) is 20.6. The second-order valence-electron chi connectivity index (χ2n) is 7.27. The first-order valence-corrected chi connectivity index (χ1v) is 9.96. The van der Waals surface area contributed by atoms with Gasteiger partial charge in [0.15, 0.2) is 0 Å². The van der Waals surface area contributed by atoms with Crippen molar-refractivity contribution in [1.82, 2.24) is 9.88 Å². The molecule has 152 valence electrons. The Morgan fingerprint density at radius 3 is 2.43 bits per heavy atom. The molecule has 0 saturated carbocycles. The maximum atomic E-state index is 10.3. The summed E-state index contributed by atoms with van der Waals surface area (Å²) in [4.78, 5) is 8.97. The number of para-hydroxylation sites is 1. The predicted molar refractivity (Wildman–Crippen MR) is 111 cm³/mol. The molecule has 1 saturated heterocycles. The fraction of sp³-hybridized carbons (Fsp3) is 0.500. The second kappa shape index (κ2) is 10.4. The van der Waals surface area contributed by atoms with Crippen LogP contribution in [0.3, 0.4) is 0 Å². The Morgan fingerprint density at radius 1 is 1.00 bits per heavy atom. The fourth-order valence-electron chi connectivity index (χ4n) is 3.50. The van der Waals surface area contributed by atoms with Crippen LogP contribution >= 0.6 is 0 Å². The van der Waals surface area contributed by atoms with Gasteiger partial charge in [-0.15, -0.1) is 0 Å². The van der Waals surface area contributed by atoms with Gasteiger partial charge in [0, 0.05) is 38.9 Å². The highest BCUT2D eigenvalue weighted by atomic mass is 16.5. The van der Waals surface area contributed by atoms with Gasteiger partial charge < -0.3 is 19.5 Å². The minimum Gasteiger partial charge on any atom is -0.491 e. The van der Waals surface area contributed by atoms with Crippen molar-refractivity contribution in [2.75, 3.05) is 57.4 Å². The molecule has 0 amide bonds. The Morgan fingerprint density at radius 2 is 1.75 bits per heavy atom. The number of hydrogen-bond donors (Lipinski definition) is 1. The number of aromatic nitrogens is 1. The minimum atomic E-state index is -0.485. The molecule has 0 unspecified atom stereocenters. The molecule has 2 heterocycles. The Labute approximate surface area is 167 Å². The summed E-state index contributed by atoms with van der Waals surface area (Å²) in [6.45, 7) is 9.69. The Bertz CT molecular complexity index is 698. The summed E-state index contributed by atoms with van der Waals surface area (Å²) in [5.74, 6) is 1.95. The molecule has 1 aromatic heterocycles. The van der Waals surface area contributed by atoms with E-state index in [0.29, 0.717) is 26.4 Å². The van der Waals surface area contributed by atoms with Crippen LogP contribution in [0.2, 0.25) is 0 Å². The lowest BCUT2D eigenvalue weighted by molar-refractivity contribution is 0.00706. The zero-order valence-electron chi connectivity index (χ0n) is 16.9. The third kappa shape index (κ3) is 5.92. The van der Waals surface area contributed by atoms with Crippen LogP contribution in [0.25, 0.3) is 0 Å². The number of aliphatic hydroxyl groups is 1. The van der Waals surface area contributed by atoms with E-state index in [9.17, 15) is 5.11 Å². The number of β-amino-alcohol motifs (C(OH)–C–C–N with tert-alkyl or cyclic N) is 1. The standard InChI is InChI=1S/C22H31N3O3/c1-18-6-5-7-19(2)22(18)28-15-14-27-17-20(26)16-24-10-12-25(13-11-24)21-8-3-4-9-23-21/h3-9,20,26H,10-17H2,1-2H3/t20-/m1/s1. The molecular formula is C22H31N3O3. The van der Waals surface area contributed by atoms with Crippen molar-refractivity contribution in [2.24, 2.45) is 0 Å². The van der Waals surface area contributed by atoms with Crippen molar-refractivity contribution in [2.45, 2.75) is 20.0 Å². The third-order valence-electron chi connectivity index (χ3n) is 5.01. The molecule has 1 aliphatic heterocycles. The topological polar surface area (TPSA) is 58.1 Å². The molecule has 1 N–H and O–H groups in total. The SMILES string of the molecule is Cc1cccc(C)c1OCCOC[C@H](O)CN1CCN(c2ccccn2)CC1. The molecule has 1 aliphatic rings. The minimum absolute atomic E-state index is 0.330. The summed E-state index contributed by atoms with van der Waals surface area (Å²) < 4.78 is 11.4. The Hall–Kier alpha value is -2.15. The molecule has 3 rings (SSSR count). The van der Waals surface area contributed by atoms with Gasteiger partial charge in [0.05, 0.1) is 19.3 Å². The lowest BCUT2D eigenvalue weighted by Gasteiger charge is -2.36. The number of aryl methyl sites for hydroxylation is 2. The van der Waals surface area contributed by atoms with Gasteiger partial charge in [0.2, 0.25) is 0 Å². The zero-order valence-corrected chi connectivity index (χ0v) is 16.9. The summed E-state index contributed by atoms with van der Waals surface area (Å²) in [5.41, 5.74) is 2.26. The van der Waals surface area contributed by atoms with Gasteiger partial charge in [-0.2, -0.15) is 0 Å². The van der Waals surface area contributed by atoms with Crippen LogP contribution in [-0.2, 0) is 4.74 Å². The van der Waals surface area contributed by atoms with E-state index >= 15 is 0 Å². The van der Waals surface area contributed by atoms with Crippen LogP contribution in [0.1, 0.15) is 11.1 Å². The monoisotopic (exact) mass is 385 g/mol. The van der Waals surface area contributed by atoms with Gasteiger partial charge in [-0.3, -0.25) is 4.90 Å². The van der Waals surface area contributed by atoms with Crippen molar-refractivity contribution < 1.29 is 14.6 Å². The van der Waals surface area contributed by atoms with Crippen LogP contribution in [0.4, 0.5) is 5.82 Å². The molecule has 1 aromatic carbocycles. The number of anilines is 1. The molecule has 2 aromatic rings. The van der Waals surface area contributed by atoms with Gasteiger partial charge in [0.1, 0.15) is 18.2 Å². The molecule has 0 aliphatic carbocycles. The molecule has 6 heteroatoms. The molecule has 0 radical (unpaired) electrons. The highest BCUT2D eigenvalue weighted by Crippen LogP contribution is 2.22. The molecule has 0 spiro atoms. The van der Waals surface area contributed by atoms with Crippen molar-refractivity contribution in [3.8, 4) is 5.75 Å². The summed E-state index contributed by atoms with van der Waals surface area (Å²) >= 11 is 0. The van der Waals surface area contributed by atoms with E-state index in [-0.39, 0.29) is 0 Å². The van der Waals surface area contributed by atoms with E-state index < -0.39 is 6.10 Å². The second-order valence-corrected chi connectivity index (χ2v) is 7.27. The quantitative estimate of drug-likeness (QED) is 0.669. The highest BCUT2D eigenvalue weighted by molar-refractivity contribution is 5.39. The normalized spacial score (nSPS) is 16.2. The largest absolute Gasteiger partial charge is 0.491 e. The van der Waals surface area contributed by atoms with Crippen molar-refractivity contribution in [3.63, 3.8) is 0 Å². The van der Waals surface area contributed by atoms with E-state index in [1.807, 2.05) is 56.4 Å². The van der Waals surface area contributed by atoms with Gasteiger partial charge in [0.25, 0.3) is 0 Å². The first-order valence-electron chi connectivity index (χ1n) is 9.96. The van der Waals surface area contributed by atoms with E-state index in [1.54, 1.807) is 0 Å². The highest BCUT2D eigenvalue weighted by Gasteiger charge is 2.20. The van der Waals surface area contributed by atoms with E-state index in [1.165, 1.54) is 0 Å². The average molecular weight is 386 g/mol. The van der Waals surface area contributed by atoms with Gasteiger partial charge >= 0.3 is 0 Å². The van der Waals surface area contributed by atoms with Gasteiger partial charge in [-0.25, -0.2) is 4.98 Å². The lowest BCUT2D eigenvalue weighted by atomic mass is 10.1. The maximum absolute atomic E-state index is 10.3. The zero-order chi connectivity index (χ0) is 19.8. The average Bonchev–Trinajstić information content (AvgIpc) is 2.71. The molecule has 0 bridgehead atoms. The molecular weight excluding hydrogens is 354 g/mol. The molecule has 1 fully saturated rings. The number of nitrogens with zero attached hydrogens (tertiary/aromatic N) is 3. The summed E-state index contributed by atoms with van der Waals surface area (Å²) in [7, 11) is 0. The maximum Gasteiger partial charge on any atom is 0.128 e. The Kier molecular flexibility index (Phi) is 7.65. The Balaban J connectivity index is 1.29. The van der Waals surface area contributed by atoms with Crippen LogP contribution in [0.15, 0.2) is 42.6 Å². The molecule has 28 heavy (non-hydrogen) atoms. The lowest BCUT2D eigenvalue weighted by Crippen LogP contribution is -2.49. The van der Waals surface area contributed by atoms with Gasteiger partial charge in [-0.05, 0) is 37.1 Å². The molecule has 1 atom stereocenters. The van der Waals surface area contributed by atoms with Crippen molar-refractivity contribution in [1.29, 1.82) is 0 Å². The van der Waals surface area contributed by atoms with Crippen LogP contribution in [0.5, 0.6) is 5.75 Å². The number of pyridine rings is 1. The summed E-state index contributed by atoms with van der Waals surface area (Å²) in [6, 6.07) is 12.1. The fourth-order valence-corrected chi connectivity index (χ4v) is 3.50. The summed E-state index contributed by atoms with van der Waals surface area (Å²) in [6.07, 6.45) is 1.34. The van der Waals surface area contributed by atoms with Crippen molar-refractivity contribution >= 4 is 5.82 Å². The third-order valence-corrected chi connectivity index (χ3v) is 5.01. The predicted octanol–water partition coefficient (Wildman–Crippen LogP) is 2.28. The van der Waals surface area contributed by atoms with E-state index in [0.717, 1.165) is 48.9 Å². The van der Waals surface area contributed by atoms with Crippen LogP contribution in [-0.4, -0.2) is 73.6 Å². The number of rotatable bonds is 9. The smallest absolute Gasteiger partial charge is 0.128 e. The van der Waals surface area contributed by atoms with Crippen LogP contribution in [0, 0.1) is 13.8 Å². The van der Waals surface area contributed by atoms with Crippen LogP contribution < -0.4 is 9.64 Å². The first-order chi connectivity index (χ1) is 13.6. The number of hydrogen-bond acceptors (Lipinski definition) is 6. The molecule has 6 nitrogen and oxygen atoms in total. The summed E-state index contributed by atoms with van der Waals surface area (Å²) in [5, 5.41) is 10.3. The van der Waals surface area contributed by atoms with Crippen molar-refractivity contribution in [3.05, 3.63) is 53.7 Å². The van der Waals surface area contributed by atoms with Gasteiger partial charge in [-0.1, -0.05) is 24.3 Å². The van der Waals surface area contributed by atoms with E-state index in [2.05, 4.69) is 14.8 Å². The number of ether oxygens (including phenoxy) is 2. The number of aliphatic hydroxyl groups excluding tert-OH is 1.